The van der Waals surface area contributed by atoms with Gasteiger partial charge in [0.05, 0.1) is 0 Å². The molecule has 0 aromatic rings. The fraction of sp³-hybridized carbons (Fsp3) is 0.800. The minimum Gasteiger partial charge on any atom is -0.378 e. The molecule has 6 heteroatoms. The molecule has 0 atom stereocenters. The van der Waals surface area contributed by atoms with Crippen molar-refractivity contribution in [3.05, 3.63) is 0 Å². The van der Waals surface area contributed by atoms with Crippen molar-refractivity contribution in [1.29, 1.82) is 0 Å². The normalized spacial score (nSPS) is 7.64. The highest BCUT2D eigenvalue weighted by Gasteiger charge is 1.87. The van der Waals surface area contributed by atoms with Gasteiger partial charge < -0.3 is 9.50 Å². The smallest absolute Gasteiger partial charge is 0.378 e. The Balaban J connectivity index is 0. The van der Waals surface area contributed by atoms with Gasteiger partial charge in [-0.3, -0.25) is 4.72 Å². The summed E-state index contributed by atoms with van der Waals surface area (Å²) in [6, 6.07) is 0. The molecule has 0 fully saturated rings. The highest BCUT2D eigenvalue weighted by Crippen LogP contribution is 1.78. The Hall–Kier alpha value is -0.0700. The molecule has 0 saturated carbocycles. The molecule has 0 bridgehead atoms. The SMILES string of the molecule is CCNCC.O=C(NS)OS. The molecule has 0 aromatic carbocycles. The van der Waals surface area contributed by atoms with Crippen LogP contribution in [-0.2, 0) is 4.18 Å². The summed E-state index contributed by atoms with van der Waals surface area (Å²) in [7, 11) is 0. The van der Waals surface area contributed by atoms with Gasteiger partial charge in [0.1, 0.15) is 0 Å². The van der Waals surface area contributed by atoms with Crippen LogP contribution in [0.4, 0.5) is 4.79 Å². The number of amides is 1. The van der Waals surface area contributed by atoms with E-state index in [1.165, 1.54) is 0 Å². The van der Waals surface area contributed by atoms with Crippen LogP contribution in [-0.4, -0.2) is 19.2 Å². The first-order valence-corrected chi connectivity index (χ1v) is 4.00. The zero-order valence-corrected chi connectivity index (χ0v) is 8.41. The molecule has 0 rings (SSSR count). The molecule has 0 radical (unpaired) electrons. The van der Waals surface area contributed by atoms with Crippen LogP contribution in [0.5, 0.6) is 0 Å². The van der Waals surface area contributed by atoms with Crippen molar-refractivity contribution >= 4 is 31.8 Å². The lowest BCUT2D eigenvalue weighted by atomic mass is 10.7. The summed E-state index contributed by atoms with van der Waals surface area (Å²) in [6.45, 7) is 6.39. The average molecular weight is 198 g/mol. The summed E-state index contributed by atoms with van der Waals surface area (Å²) >= 11 is 6.46. The predicted octanol–water partition coefficient (Wildman–Crippen LogP) is 1.02. The molecular formula is C5H14N2O2S2. The Labute approximate surface area is 78.2 Å². The summed E-state index contributed by atoms with van der Waals surface area (Å²) in [5, 5.41) is 3.11. The molecule has 2 N–H and O–H groups in total. The number of carbonyl (C=O) groups excluding carboxylic acids is 1. The molecule has 68 valence electrons. The maximum Gasteiger partial charge on any atom is 0.428 e. The van der Waals surface area contributed by atoms with E-state index >= 15 is 0 Å². The van der Waals surface area contributed by atoms with Crippen molar-refractivity contribution in [2.24, 2.45) is 0 Å². The van der Waals surface area contributed by atoms with Crippen LogP contribution in [0.2, 0.25) is 0 Å². The molecule has 0 aromatic heterocycles. The van der Waals surface area contributed by atoms with E-state index in [1.807, 2.05) is 4.72 Å². The lowest BCUT2D eigenvalue weighted by molar-refractivity contribution is 0.216. The lowest BCUT2D eigenvalue weighted by Gasteiger charge is -1.87. The van der Waals surface area contributed by atoms with Crippen LogP contribution in [0.3, 0.4) is 0 Å². The Kier molecular flexibility index (Phi) is 15.5. The van der Waals surface area contributed by atoms with E-state index in [2.05, 4.69) is 49.1 Å². The van der Waals surface area contributed by atoms with E-state index in [0.717, 1.165) is 13.1 Å². The van der Waals surface area contributed by atoms with Gasteiger partial charge in [-0.15, -0.1) is 0 Å². The van der Waals surface area contributed by atoms with Crippen molar-refractivity contribution in [3.8, 4) is 0 Å². The van der Waals surface area contributed by atoms with E-state index in [9.17, 15) is 4.79 Å². The third-order valence-corrected chi connectivity index (χ3v) is 1.02. The van der Waals surface area contributed by atoms with E-state index in [0.29, 0.717) is 0 Å². The second kappa shape index (κ2) is 12.6. The van der Waals surface area contributed by atoms with Gasteiger partial charge in [-0.25, -0.2) is 4.79 Å². The van der Waals surface area contributed by atoms with Crippen molar-refractivity contribution in [2.75, 3.05) is 13.1 Å². The summed E-state index contributed by atoms with van der Waals surface area (Å²) in [5.41, 5.74) is 0. The minimum atomic E-state index is -0.679. The molecule has 0 heterocycles. The van der Waals surface area contributed by atoms with Crippen molar-refractivity contribution in [3.63, 3.8) is 0 Å². The second-order valence-corrected chi connectivity index (χ2v) is 1.85. The number of nitrogens with one attached hydrogen (secondary N) is 2. The van der Waals surface area contributed by atoms with Crippen LogP contribution in [0.1, 0.15) is 13.8 Å². The monoisotopic (exact) mass is 198 g/mol. The van der Waals surface area contributed by atoms with Crippen LogP contribution in [0, 0.1) is 0 Å². The first-order chi connectivity index (χ1) is 5.22. The first kappa shape index (κ1) is 13.5. The molecule has 1 amide bonds. The van der Waals surface area contributed by atoms with E-state index in [-0.39, 0.29) is 0 Å². The van der Waals surface area contributed by atoms with Gasteiger partial charge in [-0.1, -0.05) is 26.7 Å². The molecule has 0 aliphatic heterocycles. The Morgan fingerprint density at radius 2 is 1.91 bits per heavy atom. The fourth-order valence-corrected chi connectivity index (χ4v) is 0.434. The molecule has 4 nitrogen and oxygen atoms in total. The summed E-state index contributed by atoms with van der Waals surface area (Å²) < 4.78 is 5.64. The predicted molar refractivity (Wildman–Crippen MR) is 51.8 cm³/mol. The van der Waals surface area contributed by atoms with Crippen LogP contribution >= 0.6 is 25.7 Å². The van der Waals surface area contributed by atoms with Crippen molar-refractivity contribution in [2.45, 2.75) is 13.8 Å². The third-order valence-electron chi connectivity index (χ3n) is 0.674. The average Bonchev–Trinajstić information content (AvgIpc) is 2.06. The molecular weight excluding hydrogens is 184 g/mol. The Morgan fingerprint density at radius 3 is 1.91 bits per heavy atom. The van der Waals surface area contributed by atoms with Gasteiger partial charge in [-0.05, 0) is 13.1 Å². The minimum absolute atomic E-state index is 0.679. The van der Waals surface area contributed by atoms with Gasteiger partial charge in [0.15, 0.2) is 0 Å². The largest absolute Gasteiger partial charge is 0.428 e. The van der Waals surface area contributed by atoms with E-state index in [1.54, 1.807) is 0 Å². The number of thiol groups is 2. The molecule has 0 aliphatic rings. The quantitative estimate of drug-likeness (QED) is 0.396. The van der Waals surface area contributed by atoms with Gasteiger partial charge >= 0.3 is 6.09 Å². The summed E-state index contributed by atoms with van der Waals surface area (Å²) in [6.07, 6.45) is -0.679. The zero-order valence-electron chi connectivity index (χ0n) is 6.63. The van der Waals surface area contributed by atoms with Gasteiger partial charge in [0, 0.05) is 12.9 Å². The molecule has 0 unspecified atom stereocenters. The molecule has 0 spiro atoms. The van der Waals surface area contributed by atoms with Gasteiger partial charge in [-0.2, -0.15) is 0 Å². The Bertz CT molecular complexity index is 84.6. The molecule has 0 saturated heterocycles. The van der Waals surface area contributed by atoms with E-state index in [4.69, 9.17) is 0 Å². The van der Waals surface area contributed by atoms with Crippen molar-refractivity contribution < 1.29 is 8.98 Å². The lowest BCUT2D eigenvalue weighted by Crippen LogP contribution is -2.09. The Morgan fingerprint density at radius 1 is 1.45 bits per heavy atom. The first-order valence-electron chi connectivity index (χ1n) is 3.19. The topological polar surface area (TPSA) is 50.4 Å². The summed E-state index contributed by atoms with van der Waals surface area (Å²) in [5.74, 6) is 0. The van der Waals surface area contributed by atoms with Crippen LogP contribution < -0.4 is 10.0 Å². The number of carbonyl (C=O) groups is 1. The third kappa shape index (κ3) is 17.8. The highest BCUT2D eigenvalue weighted by molar-refractivity contribution is 7.79. The fourth-order valence-electron chi connectivity index (χ4n) is 0.270. The van der Waals surface area contributed by atoms with Gasteiger partial charge in [0.2, 0.25) is 0 Å². The number of hydrogen-bond acceptors (Lipinski definition) is 5. The second-order valence-electron chi connectivity index (χ2n) is 1.45. The maximum absolute atomic E-state index is 9.69. The number of rotatable bonds is 2. The summed E-state index contributed by atoms with van der Waals surface area (Å²) in [4.78, 5) is 9.69. The maximum atomic E-state index is 9.69. The van der Waals surface area contributed by atoms with E-state index < -0.39 is 6.09 Å². The zero-order chi connectivity index (χ0) is 9.11. The van der Waals surface area contributed by atoms with Crippen molar-refractivity contribution in [1.82, 2.24) is 10.0 Å². The molecule has 11 heavy (non-hydrogen) atoms. The van der Waals surface area contributed by atoms with Crippen LogP contribution in [0.15, 0.2) is 0 Å². The standard InChI is InChI=1S/C4H11N.CH3NO2S2/c1-3-5-4-2;3-1(2-5)4-6/h5H,3-4H2,1-2H3;5-6H,(H,2,3). The van der Waals surface area contributed by atoms with Crippen LogP contribution in [0.25, 0.3) is 0 Å². The van der Waals surface area contributed by atoms with Gasteiger partial charge in [0.25, 0.3) is 0 Å². The molecule has 0 aliphatic carbocycles. The highest BCUT2D eigenvalue weighted by atomic mass is 32.1. The number of hydrogen-bond donors (Lipinski definition) is 4.